The average Bonchev–Trinajstić information content (AvgIpc) is 3.03. The number of para-hydroxylation sites is 1. The van der Waals surface area contributed by atoms with E-state index in [0.29, 0.717) is 11.7 Å². The molecule has 1 saturated heterocycles. The highest BCUT2D eigenvalue weighted by atomic mass is 32.1. The van der Waals surface area contributed by atoms with Crippen LogP contribution >= 0.6 is 11.3 Å². The van der Waals surface area contributed by atoms with Gasteiger partial charge < -0.3 is 15.0 Å². The zero-order valence-corrected chi connectivity index (χ0v) is 14.6. The predicted octanol–water partition coefficient (Wildman–Crippen LogP) is 2.05. The van der Waals surface area contributed by atoms with Crippen LogP contribution in [-0.2, 0) is 16.1 Å². The number of nitrogens with zero attached hydrogens (tertiary/aromatic N) is 3. The molecule has 1 aromatic heterocycles. The Morgan fingerprint density at radius 1 is 1.33 bits per heavy atom. The van der Waals surface area contributed by atoms with Crippen LogP contribution in [0.15, 0.2) is 35.7 Å². The number of rotatable bonds is 6. The van der Waals surface area contributed by atoms with Gasteiger partial charge in [0.25, 0.3) is 0 Å². The van der Waals surface area contributed by atoms with Crippen LogP contribution in [0.5, 0.6) is 0 Å². The average molecular weight is 346 g/mol. The third kappa shape index (κ3) is 4.77. The molecule has 1 amide bonds. The van der Waals surface area contributed by atoms with Gasteiger partial charge in [0.15, 0.2) is 5.13 Å². The molecule has 7 heteroatoms. The molecule has 6 nitrogen and oxygen atoms in total. The Morgan fingerprint density at radius 3 is 2.83 bits per heavy atom. The molecular weight excluding hydrogens is 324 g/mol. The lowest BCUT2D eigenvalue weighted by molar-refractivity contribution is -0.114. The van der Waals surface area contributed by atoms with E-state index in [1.165, 1.54) is 11.3 Å². The molecule has 1 aliphatic heterocycles. The fourth-order valence-electron chi connectivity index (χ4n) is 2.57. The fourth-order valence-corrected chi connectivity index (χ4v) is 3.29. The Morgan fingerprint density at radius 2 is 2.08 bits per heavy atom. The van der Waals surface area contributed by atoms with Gasteiger partial charge in [0, 0.05) is 37.7 Å². The van der Waals surface area contributed by atoms with Crippen molar-refractivity contribution in [1.82, 2.24) is 9.88 Å². The van der Waals surface area contributed by atoms with Gasteiger partial charge in [-0.15, -0.1) is 11.3 Å². The van der Waals surface area contributed by atoms with Crippen molar-refractivity contribution in [2.45, 2.75) is 6.54 Å². The normalized spacial score (nSPS) is 15.2. The van der Waals surface area contributed by atoms with Crippen LogP contribution in [0.2, 0.25) is 0 Å². The van der Waals surface area contributed by atoms with Gasteiger partial charge in [-0.25, -0.2) is 4.98 Å². The van der Waals surface area contributed by atoms with Gasteiger partial charge >= 0.3 is 0 Å². The number of anilines is 2. The molecule has 0 atom stereocenters. The molecule has 128 valence electrons. The Labute approximate surface area is 146 Å². The highest BCUT2D eigenvalue weighted by molar-refractivity contribution is 7.13. The van der Waals surface area contributed by atoms with Crippen molar-refractivity contribution in [3.63, 3.8) is 0 Å². The summed E-state index contributed by atoms with van der Waals surface area (Å²) in [4.78, 5) is 20.9. The van der Waals surface area contributed by atoms with Crippen molar-refractivity contribution < 1.29 is 9.53 Å². The highest BCUT2D eigenvalue weighted by Gasteiger charge is 2.14. The highest BCUT2D eigenvalue weighted by Crippen LogP contribution is 2.18. The second kappa shape index (κ2) is 8.23. The third-order valence-corrected chi connectivity index (χ3v) is 4.67. The molecule has 0 aliphatic carbocycles. The summed E-state index contributed by atoms with van der Waals surface area (Å²) in [6.45, 7) is 4.52. The summed E-state index contributed by atoms with van der Waals surface area (Å²) in [7, 11) is 1.90. The zero-order valence-electron chi connectivity index (χ0n) is 13.8. The number of ether oxygens (including phenoxy) is 1. The van der Waals surface area contributed by atoms with Crippen LogP contribution in [0.3, 0.4) is 0 Å². The van der Waals surface area contributed by atoms with Crippen molar-refractivity contribution in [2.75, 3.05) is 50.1 Å². The SMILES string of the molecule is CN(CC(=O)Nc1nc(CN2CCOCC2)cs1)c1ccccc1. The fraction of sp³-hybridized carbons (Fsp3) is 0.412. The van der Waals surface area contributed by atoms with Gasteiger partial charge in [-0.05, 0) is 12.1 Å². The maximum absolute atomic E-state index is 12.2. The molecule has 1 N–H and O–H groups in total. The van der Waals surface area contributed by atoms with E-state index in [0.717, 1.165) is 44.2 Å². The smallest absolute Gasteiger partial charge is 0.245 e. The van der Waals surface area contributed by atoms with Gasteiger partial charge in [-0.1, -0.05) is 18.2 Å². The first kappa shape index (κ1) is 16.9. The van der Waals surface area contributed by atoms with Crippen molar-refractivity contribution >= 4 is 28.1 Å². The van der Waals surface area contributed by atoms with Gasteiger partial charge in [0.2, 0.25) is 5.91 Å². The van der Waals surface area contributed by atoms with E-state index in [9.17, 15) is 4.79 Å². The summed E-state index contributed by atoms with van der Waals surface area (Å²) >= 11 is 1.47. The molecule has 2 aromatic rings. The van der Waals surface area contributed by atoms with Crippen LogP contribution in [0.4, 0.5) is 10.8 Å². The quantitative estimate of drug-likeness (QED) is 0.868. The summed E-state index contributed by atoms with van der Waals surface area (Å²) in [6, 6.07) is 9.85. The third-order valence-electron chi connectivity index (χ3n) is 3.87. The minimum atomic E-state index is -0.0615. The molecule has 0 bridgehead atoms. The van der Waals surface area contributed by atoms with E-state index in [-0.39, 0.29) is 5.91 Å². The second-order valence-corrected chi connectivity index (χ2v) is 6.63. The first-order valence-electron chi connectivity index (χ1n) is 8.01. The van der Waals surface area contributed by atoms with Crippen LogP contribution in [-0.4, -0.2) is 55.7 Å². The molecule has 0 spiro atoms. The van der Waals surface area contributed by atoms with Gasteiger partial charge in [0.1, 0.15) is 0 Å². The summed E-state index contributed by atoms with van der Waals surface area (Å²) in [5, 5.41) is 5.55. The Kier molecular flexibility index (Phi) is 5.79. The number of carbonyl (C=O) groups is 1. The van der Waals surface area contributed by atoms with Crippen LogP contribution in [0.1, 0.15) is 5.69 Å². The monoisotopic (exact) mass is 346 g/mol. The number of hydrogen-bond acceptors (Lipinski definition) is 6. The maximum Gasteiger partial charge on any atom is 0.245 e. The Hall–Kier alpha value is -1.96. The van der Waals surface area contributed by atoms with Gasteiger partial charge in [0.05, 0.1) is 25.5 Å². The molecule has 0 unspecified atom stereocenters. The molecule has 1 aromatic carbocycles. The maximum atomic E-state index is 12.2. The number of thiazole rings is 1. The molecular formula is C17H22N4O2S. The minimum absolute atomic E-state index is 0.0615. The van der Waals surface area contributed by atoms with Gasteiger partial charge in [-0.2, -0.15) is 0 Å². The van der Waals surface area contributed by atoms with Crippen molar-refractivity contribution in [2.24, 2.45) is 0 Å². The summed E-state index contributed by atoms with van der Waals surface area (Å²) < 4.78 is 5.35. The Bertz CT molecular complexity index is 656. The zero-order chi connectivity index (χ0) is 16.8. The number of carbonyl (C=O) groups excluding carboxylic acids is 1. The van der Waals surface area contributed by atoms with E-state index < -0.39 is 0 Å². The van der Waals surface area contributed by atoms with Crippen LogP contribution in [0, 0.1) is 0 Å². The van der Waals surface area contributed by atoms with Gasteiger partial charge in [-0.3, -0.25) is 9.69 Å². The molecule has 0 saturated carbocycles. The molecule has 1 aliphatic rings. The topological polar surface area (TPSA) is 57.7 Å². The number of aromatic nitrogens is 1. The predicted molar refractivity (Wildman–Crippen MR) is 96.6 cm³/mol. The first-order valence-corrected chi connectivity index (χ1v) is 8.89. The molecule has 2 heterocycles. The molecule has 3 rings (SSSR count). The van der Waals surface area contributed by atoms with Crippen molar-refractivity contribution in [3.8, 4) is 0 Å². The Balaban J connectivity index is 1.49. The first-order chi connectivity index (χ1) is 11.7. The van der Waals surface area contributed by atoms with E-state index in [2.05, 4.69) is 15.2 Å². The lowest BCUT2D eigenvalue weighted by Gasteiger charge is -2.25. The van der Waals surface area contributed by atoms with E-state index in [4.69, 9.17) is 4.74 Å². The molecule has 0 radical (unpaired) electrons. The van der Waals surface area contributed by atoms with Crippen LogP contribution in [0.25, 0.3) is 0 Å². The number of benzene rings is 1. The number of amides is 1. The summed E-state index contributed by atoms with van der Waals surface area (Å²) in [5.41, 5.74) is 2.01. The number of likely N-dealkylation sites (N-methyl/N-ethyl adjacent to an activating group) is 1. The van der Waals surface area contributed by atoms with E-state index >= 15 is 0 Å². The van der Waals surface area contributed by atoms with Crippen molar-refractivity contribution in [3.05, 3.63) is 41.4 Å². The van der Waals surface area contributed by atoms with Crippen molar-refractivity contribution in [1.29, 1.82) is 0 Å². The molecule has 1 fully saturated rings. The second-order valence-electron chi connectivity index (χ2n) is 5.77. The summed E-state index contributed by atoms with van der Waals surface area (Å²) in [5.74, 6) is -0.0615. The number of morpholine rings is 1. The lowest BCUT2D eigenvalue weighted by atomic mass is 10.3. The number of nitrogens with one attached hydrogen (secondary N) is 1. The lowest BCUT2D eigenvalue weighted by Crippen LogP contribution is -2.35. The van der Waals surface area contributed by atoms with Crippen LogP contribution < -0.4 is 10.2 Å². The summed E-state index contributed by atoms with van der Waals surface area (Å²) in [6.07, 6.45) is 0. The minimum Gasteiger partial charge on any atom is -0.379 e. The number of hydrogen-bond donors (Lipinski definition) is 1. The standard InChI is InChI=1S/C17H22N4O2S/c1-20(15-5-3-2-4-6-15)12-16(22)19-17-18-14(13-24-17)11-21-7-9-23-10-8-21/h2-6,13H,7-12H2,1H3,(H,18,19,22). The van der Waals surface area contributed by atoms with E-state index in [1.807, 2.05) is 47.7 Å². The largest absolute Gasteiger partial charge is 0.379 e. The van der Waals surface area contributed by atoms with E-state index in [1.54, 1.807) is 0 Å². The molecule has 24 heavy (non-hydrogen) atoms.